The van der Waals surface area contributed by atoms with Crippen molar-refractivity contribution < 1.29 is 0 Å². The van der Waals surface area contributed by atoms with Crippen molar-refractivity contribution in [3.8, 4) is 0 Å². The summed E-state index contributed by atoms with van der Waals surface area (Å²) in [6.45, 7) is 1.29. The molecule has 0 spiro atoms. The van der Waals surface area contributed by atoms with Gasteiger partial charge in [-0.1, -0.05) is 38.5 Å². The van der Waals surface area contributed by atoms with Crippen molar-refractivity contribution in [2.24, 2.45) is 5.92 Å². The average Bonchev–Trinajstić information content (AvgIpc) is 2.91. The second kappa shape index (κ2) is 4.99. The molecule has 0 aliphatic heterocycles. The minimum atomic E-state index is 0.862. The van der Waals surface area contributed by atoms with Crippen LogP contribution in [-0.2, 0) is 0 Å². The van der Waals surface area contributed by atoms with Gasteiger partial charge in [-0.15, -0.1) is 0 Å². The molecule has 0 aromatic carbocycles. The van der Waals surface area contributed by atoms with Crippen molar-refractivity contribution in [1.29, 1.82) is 0 Å². The summed E-state index contributed by atoms with van der Waals surface area (Å²) < 4.78 is 0. The Morgan fingerprint density at radius 1 is 0.846 bits per heavy atom. The maximum Gasteiger partial charge on any atom is 0.00670 e. The van der Waals surface area contributed by atoms with Gasteiger partial charge < -0.3 is 5.32 Å². The minimum absolute atomic E-state index is 0.862. The van der Waals surface area contributed by atoms with E-state index in [1.807, 2.05) is 0 Å². The smallest absolute Gasteiger partial charge is 0.00670 e. The second-order valence-electron chi connectivity index (χ2n) is 4.87. The van der Waals surface area contributed by atoms with Gasteiger partial charge in [0.25, 0.3) is 0 Å². The molecule has 0 radical (unpaired) electrons. The zero-order chi connectivity index (χ0) is 8.93. The molecule has 0 amide bonds. The SMILES string of the molecule is C1CCCC(NCCC2CC2)CC1. The lowest BCUT2D eigenvalue weighted by molar-refractivity contribution is 0.449. The van der Waals surface area contributed by atoms with Gasteiger partial charge in [0.2, 0.25) is 0 Å². The van der Waals surface area contributed by atoms with Gasteiger partial charge in [0.05, 0.1) is 0 Å². The highest BCUT2D eigenvalue weighted by molar-refractivity contribution is 4.76. The highest BCUT2D eigenvalue weighted by atomic mass is 14.9. The zero-order valence-corrected chi connectivity index (χ0v) is 8.73. The molecule has 0 bridgehead atoms. The van der Waals surface area contributed by atoms with E-state index in [0.717, 1.165) is 12.0 Å². The first-order valence-electron chi connectivity index (χ1n) is 6.18. The van der Waals surface area contributed by atoms with E-state index < -0.39 is 0 Å². The maximum atomic E-state index is 3.73. The summed E-state index contributed by atoms with van der Waals surface area (Å²) in [7, 11) is 0. The van der Waals surface area contributed by atoms with Crippen molar-refractivity contribution in [3.05, 3.63) is 0 Å². The molecule has 2 saturated carbocycles. The van der Waals surface area contributed by atoms with Gasteiger partial charge in [0.1, 0.15) is 0 Å². The predicted octanol–water partition coefficient (Wildman–Crippen LogP) is 3.10. The van der Waals surface area contributed by atoms with Crippen LogP contribution in [0, 0.1) is 5.92 Å². The molecule has 13 heavy (non-hydrogen) atoms. The van der Waals surface area contributed by atoms with E-state index in [2.05, 4.69) is 5.32 Å². The summed E-state index contributed by atoms with van der Waals surface area (Å²) in [4.78, 5) is 0. The Kier molecular flexibility index (Phi) is 3.65. The van der Waals surface area contributed by atoms with Gasteiger partial charge in [0.15, 0.2) is 0 Å². The van der Waals surface area contributed by atoms with E-state index in [4.69, 9.17) is 0 Å². The molecule has 0 saturated heterocycles. The molecule has 0 unspecified atom stereocenters. The lowest BCUT2D eigenvalue weighted by Crippen LogP contribution is -2.29. The third-order valence-corrected chi connectivity index (χ3v) is 3.54. The topological polar surface area (TPSA) is 12.0 Å². The summed E-state index contributed by atoms with van der Waals surface area (Å²) in [5.41, 5.74) is 0. The third-order valence-electron chi connectivity index (χ3n) is 3.54. The monoisotopic (exact) mass is 181 g/mol. The van der Waals surface area contributed by atoms with Crippen LogP contribution in [0.2, 0.25) is 0 Å². The predicted molar refractivity (Wildman–Crippen MR) is 56.8 cm³/mol. The van der Waals surface area contributed by atoms with E-state index in [1.165, 1.54) is 64.3 Å². The van der Waals surface area contributed by atoms with Crippen LogP contribution in [0.15, 0.2) is 0 Å². The molecule has 1 heteroatoms. The summed E-state index contributed by atoms with van der Waals surface area (Å²) >= 11 is 0. The number of nitrogens with one attached hydrogen (secondary N) is 1. The Morgan fingerprint density at radius 2 is 1.54 bits per heavy atom. The van der Waals surface area contributed by atoms with Crippen LogP contribution >= 0.6 is 0 Å². The number of hydrogen-bond donors (Lipinski definition) is 1. The summed E-state index contributed by atoms with van der Waals surface area (Å²) in [5, 5.41) is 3.73. The average molecular weight is 181 g/mol. The fourth-order valence-electron chi connectivity index (χ4n) is 2.38. The largest absolute Gasteiger partial charge is 0.314 e. The first kappa shape index (κ1) is 9.51. The minimum Gasteiger partial charge on any atom is -0.314 e. The van der Waals surface area contributed by atoms with Gasteiger partial charge >= 0.3 is 0 Å². The van der Waals surface area contributed by atoms with Gasteiger partial charge in [-0.2, -0.15) is 0 Å². The Balaban J connectivity index is 1.55. The standard InChI is InChI=1S/C12H23N/c1-2-4-6-12(5-3-1)13-10-9-11-7-8-11/h11-13H,1-10H2. The van der Waals surface area contributed by atoms with Crippen LogP contribution in [0.4, 0.5) is 0 Å². The Labute approximate surface area is 82.3 Å². The van der Waals surface area contributed by atoms with E-state index in [1.54, 1.807) is 0 Å². The lowest BCUT2D eigenvalue weighted by Gasteiger charge is -2.15. The molecule has 0 atom stereocenters. The highest BCUT2D eigenvalue weighted by Crippen LogP contribution is 2.31. The van der Waals surface area contributed by atoms with Crippen molar-refractivity contribution in [3.63, 3.8) is 0 Å². The quantitative estimate of drug-likeness (QED) is 0.657. The Morgan fingerprint density at radius 3 is 2.15 bits per heavy atom. The first-order valence-corrected chi connectivity index (χ1v) is 6.18. The molecule has 1 nitrogen and oxygen atoms in total. The van der Waals surface area contributed by atoms with E-state index in [9.17, 15) is 0 Å². The first-order chi connectivity index (χ1) is 6.45. The molecule has 0 aromatic rings. The van der Waals surface area contributed by atoms with Crippen molar-refractivity contribution >= 4 is 0 Å². The fourth-order valence-corrected chi connectivity index (χ4v) is 2.38. The molecular weight excluding hydrogens is 158 g/mol. The zero-order valence-electron chi connectivity index (χ0n) is 8.73. The number of rotatable bonds is 4. The van der Waals surface area contributed by atoms with Gasteiger partial charge in [-0.3, -0.25) is 0 Å². The maximum absolute atomic E-state index is 3.73. The molecule has 0 aromatic heterocycles. The van der Waals surface area contributed by atoms with Crippen molar-refractivity contribution in [2.75, 3.05) is 6.54 Å². The van der Waals surface area contributed by atoms with Crippen molar-refractivity contribution in [2.45, 2.75) is 63.8 Å². The molecule has 1 N–H and O–H groups in total. The molecule has 2 fully saturated rings. The van der Waals surface area contributed by atoms with E-state index in [-0.39, 0.29) is 0 Å². The van der Waals surface area contributed by atoms with Gasteiger partial charge in [-0.05, 0) is 31.7 Å². The molecule has 2 rings (SSSR count). The van der Waals surface area contributed by atoms with Crippen LogP contribution in [0.5, 0.6) is 0 Å². The summed E-state index contributed by atoms with van der Waals surface area (Å²) in [6.07, 6.45) is 13.2. The molecule has 2 aliphatic carbocycles. The Hall–Kier alpha value is -0.0400. The molecular formula is C12H23N. The molecule has 76 valence electrons. The van der Waals surface area contributed by atoms with Gasteiger partial charge in [-0.25, -0.2) is 0 Å². The van der Waals surface area contributed by atoms with Crippen LogP contribution in [0.3, 0.4) is 0 Å². The third kappa shape index (κ3) is 3.68. The van der Waals surface area contributed by atoms with Crippen LogP contribution in [0.1, 0.15) is 57.8 Å². The van der Waals surface area contributed by atoms with E-state index in [0.29, 0.717) is 0 Å². The van der Waals surface area contributed by atoms with Crippen LogP contribution < -0.4 is 5.32 Å². The Bertz CT molecular complexity index is 132. The normalized spacial score (nSPS) is 25.8. The lowest BCUT2D eigenvalue weighted by atomic mass is 10.1. The summed E-state index contributed by atoms with van der Waals surface area (Å²) in [6, 6.07) is 0.862. The van der Waals surface area contributed by atoms with Gasteiger partial charge in [0, 0.05) is 6.04 Å². The fraction of sp³-hybridized carbons (Fsp3) is 1.00. The molecule has 2 aliphatic rings. The second-order valence-corrected chi connectivity index (χ2v) is 4.87. The number of hydrogen-bond acceptors (Lipinski definition) is 1. The highest BCUT2D eigenvalue weighted by Gasteiger charge is 2.20. The molecule has 0 heterocycles. The van der Waals surface area contributed by atoms with Crippen molar-refractivity contribution in [1.82, 2.24) is 5.32 Å². The van der Waals surface area contributed by atoms with Crippen LogP contribution in [-0.4, -0.2) is 12.6 Å². The van der Waals surface area contributed by atoms with Crippen LogP contribution in [0.25, 0.3) is 0 Å². The summed E-state index contributed by atoms with van der Waals surface area (Å²) in [5.74, 6) is 1.10. The van der Waals surface area contributed by atoms with E-state index >= 15 is 0 Å².